The summed E-state index contributed by atoms with van der Waals surface area (Å²) in [5, 5.41) is 11.8. The summed E-state index contributed by atoms with van der Waals surface area (Å²) in [4.78, 5) is 10.9. The first kappa shape index (κ1) is 12.7. The maximum absolute atomic E-state index is 13.7. The maximum Gasteiger partial charge on any atom is 0.320 e. The Kier molecular flexibility index (Phi) is 3.91. The Morgan fingerprint density at radius 2 is 2.35 bits per heavy atom. The number of nitrogens with one attached hydrogen (secondary N) is 1. The van der Waals surface area contributed by atoms with Gasteiger partial charge in [0.15, 0.2) is 0 Å². The molecule has 0 radical (unpaired) electrons. The molecule has 1 aromatic rings. The Balaban J connectivity index is 2.19. The van der Waals surface area contributed by atoms with E-state index in [0.717, 1.165) is 0 Å². The van der Waals surface area contributed by atoms with Crippen LogP contribution in [-0.4, -0.2) is 22.9 Å². The lowest BCUT2D eigenvalue weighted by molar-refractivity contribution is -0.139. The predicted octanol–water partition coefficient (Wildman–Crippen LogP) is 2.66. The third-order valence-electron chi connectivity index (χ3n) is 2.59. The van der Waals surface area contributed by atoms with Gasteiger partial charge in [0.2, 0.25) is 0 Å². The van der Waals surface area contributed by atoms with Gasteiger partial charge in [-0.1, -0.05) is 17.7 Å². The number of benzene rings is 1. The topological polar surface area (TPSA) is 49.3 Å². The van der Waals surface area contributed by atoms with Crippen molar-refractivity contribution in [2.75, 3.05) is 5.75 Å². The fourth-order valence-corrected chi connectivity index (χ4v) is 3.10. The van der Waals surface area contributed by atoms with Crippen molar-refractivity contribution >= 4 is 29.3 Å². The summed E-state index contributed by atoms with van der Waals surface area (Å²) in [6.07, 6.45) is 0.547. The van der Waals surface area contributed by atoms with Crippen LogP contribution >= 0.6 is 23.4 Å². The van der Waals surface area contributed by atoms with E-state index in [1.807, 2.05) is 0 Å². The van der Waals surface area contributed by atoms with Crippen LogP contribution in [0.4, 0.5) is 4.39 Å². The normalized spacial score (nSPS) is 24.6. The first-order valence-corrected chi connectivity index (χ1v) is 6.56. The number of thioether (sulfide) groups is 1. The predicted molar refractivity (Wildman–Crippen MR) is 65.8 cm³/mol. The number of carbonyl (C=O) groups is 1. The van der Waals surface area contributed by atoms with Crippen molar-refractivity contribution in [3.05, 3.63) is 34.6 Å². The van der Waals surface area contributed by atoms with Crippen molar-refractivity contribution < 1.29 is 14.3 Å². The lowest BCUT2D eigenvalue weighted by atomic mass is 10.1. The third-order valence-corrected chi connectivity index (χ3v) is 4.02. The van der Waals surface area contributed by atoms with Gasteiger partial charge in [-0.25, -0.2) is 4.39 Å². The molecule has 17 heavy (non-hydrogen) atoms. The molecule has 2 rings (SSSR count). The van der Waals surface area contributed by atoms with Gasteiger partial charge in [-0.3, -0.25) is 10.1 Å². The van der Waals surface area contributed by atoms with Gasteiger partial charge in [-0.05, 0) is 24.3 Å². The summed E-state index contributed by atoms with van der Waals surface area (Å²) in [7, 11) is 0. The summed E-state index contributed by atoms with van der Waals surface area (Å²) in [6.45, 7) is 0. The van der Waals surface area contributed by atoms with Gasteiger partial charge in [0.1, 0.15) is 11.9 Å². The Morgan fingerprint density at radius 3 is 3.00 bits per heavy atom. The van der Waals surface area contributed by atoms with Crippen LogP contribution in [-0.2, 0) is 4.79 Å². The highest BCUT2D eigenvalue weighted by atomic mass is 35.5. The minimum absolute atomic E-state index is 0.331. The fourth-order valence-electron chi connectivity index (χ4n) is 1.71. The van der Waals surface area contributed by atoms with E-state index < -0.39 is 17.8 Å². The van der Waals surface area contributed by atoms with Crippen LogP contribution in [0.25, 0.3) is 0 Å². The van der Waals surface area contributed by atoms with E-state index in [1.165, 1.54) is 17.8 Å². The van der Waals surface area contributed by atoms with Crippen molar-refractivity contribution in [3.8, 4) is 0 Å². The molecule has 92 valence electrons. The number of carboxylic acid groups (broad SMARTS) is 1. The highest BCUT2D eigenvalue weighted by Crippen LogP contribution is 2.33. The SMILES string of the molecule is O=C(O)C1CCSC(c2ccc(Cl)cc2F)N1. The molecule has 1 aromatic carbocycles. The van der Waals surface area contributed by atoms with Crippen LogP contribution < -0.4 is 5.32 Å². The molecule has 1 heterocycles. The van der Waals surface area contributed by atoms with E-state index in [4.69, 9.17) is 16.7 Å². The smallest absolute Gasteiger partial charge is 0.320 e. The van der Waals surface area contributed by atoms with E-state index in [2.05, 4.69) is 5.32 Å². The molecule has 0 aliphatic carbocycles. The summed E-state index contributed by atoms with van der Waals surface area (Å²) < 4.78 is 13.7. The number of carboxylic acids is 1. The molecule has 1 aliphatic rings. The average molecular weight is 276 g/mol. The molecule has 0 amide bonds. The van der Waals surface area contributed by atoms with Crippen LogP contribution in [0.5, 0.6) is 0 Å². The molecule has 3 nitrogen and oxygen atoms in total. The Morgan fingerprint density at radius 1 is 1.59 bits per heavy atom. The Hall–Kier alpha value is -0.780. The first-order valence-electron chi connectivity index (χ1n) is 5.13. The molecule has 1 saturated heterocycles. The van der Waals surface area contributed by atoms with E-state index in [1.54, 1.807) is 12.1 Å². The van der Waals surface area contributed by atoms with Gasteiger partial charge < -0.3 is 5.11 Å². The molecule has 0 aromatic heterocycles. The fraction of sp³-hybridized carbons (Fsp3) is 0.364. The zero-order chi connectivity index (χ0) is 12.4. The van der Waals surface area contributed by atoms with Crippen molar-refractivity contribution in [3.63, 3.8) is 0 Å². The molecular formula is C11H11ClFNO2S. The lowest BCUT2D eigenvalue weighted by Gasteiger charge is -2.28. The second-order valence-corrected chi connectivity index (χ2v) is 5.41. The Bertz CT molecular complexity index is 443. The number of hydrogen-bond donors (Lipinski definition) is 2. The molecule has 6 heteroatoms. The molecule has 2 N–H and O–H groups in total. The van der Waals surface area contributed by atoms with Crippen molar-refractivity contribution in [2.24, 2.45) is 0 Å². The highest BCUT2D eigenvalue weighted by Gasteiger charge is 2.28. The molecule has 1 fully saturated rings. The average Bonchev–Trinajstić information content (AvgIpc) is 2.29. The molecule has 2 unspecified atom stereocenters. The lowest BCUT2D eigenvalue weighted by Crippen LogP contribution is -2.42. The molecule has 1 aliphatic heterocycles. The van der Waals surface area contributed by atoms with Crippen LogP contribution in [0.15, 0.2) is 18.2 Å². The monoisotopic (exact) mass is 275 g/mol. The van der Waals surface area contributed by atoms with E-state index >= 15 is 0 Å². The second kappa shape index (κ2) is 5.25. The number of hydrogen-bond acceptors (Lipinski definition) is 3. The highest BCUT2D eigenvalue weighted by molar-refractivity contribution is 7.99. The molecular weight excluding hydrogens is 265 g/mol. The van der Waals surface area contributed by atoms with Crippen LogP contribution in [0.3, 0.4) is 0 Å². The standard InChI is InChI=1S/C11H11ClFNO2S/c12-6-1-2-7(8(13)5-6)10-14-9(11(15)16)3-4-17-10/h1-2,5,9-10,14H,3-4H2,(H,15,16). The van der Waals surface area contributed by atoms with Crippen LogP contribution in [0.2, 0.25) is 5.02 Å². The van der Waals surface area contributed by atoms with Crippen LogP contribution in [0.1, 0.15) is 17.4 Å². The number of halogens is 2. The van der Waals surface area contributed by atoms with Crippen molar-refractivity contribution in [2.45, 2.75) is 17.8 Å². The summed E-state index contributed by atoms with van der Waals surface area (Å²) in [5.41, 5.74) is 0.449. The first-order chi connectivity index (χ1) is 8.08. The zero-order valence-corrected chi connectivity index (χ0v) is 10.4. The van der Waals surface area contributed by atoms with Crippen molar-refractivity contribution in [1.82, 2.24) is 5.32 Å². The molecule has 0 saturated carbocycles. The van der Waals surface area contributed by atoms with Crippen LogP contribution in [0, 0.1) is 5.82 Å². The van der Waals surface area contributed by atoms with E-state index in [0.29, 0.717) is 22.8 Å². The Labute approximate surface area is 107 Å². The van der Waals surface area contributed by atoms with E-state index in [9.17, 15) is 9.18 Å². The molecule has 2 atom stereocenters. The van der Waals surface area contributed by atoms with Crippen molar-refractivity contribution in [1.29, 1.82) is 0 Å². The minimum atomic E-state index is -0.898. The minimum Gasteiger partial charge on any atom is -0.480 e. The van der Waals surface area contributed by atoms with Gasteiger partial charge in [-0.2, -0.15) is 0 Å². The zero-order valence-electron chi connectivity index (χ0n) is 8.82. The van der Waals surface area contributed by atoms with E-state index in [-0.39, 0.29) is 5.37 Å². The van der Waals surface area contributed by atoms with Gasteiger partial charge in [0.05, 0.1) is 5.37 Å². The molecule has 0 spiro atoms. The van der Waals surface area contributed by atoms with Gasteiger partial charge in [0, 0.05) is 10.6 Å². The summed E-state index contributed by atoms with van der Waals surface area (Å²) in [5.74, 6) is -0.616. The second-order valence-electron chi connectivity index (χ2n) is 3.76. The third kappa shape index (κ3) is 2.91. The maximum atomic E-state index is 13.7. The number of rotatable bonds is 2. The largest absolute Gasteiger partial charge is 0.480 e. The van der Waals surface area contributed by atoms with Gasteiger partial charge in [-0.15, -0.1) is 11.8 Å². The van der Waals surface area contributed by atoms with Gasteiger partial charge in [0.25, 0.3) is 0 Å². The molecule has 0 bridgehead atoms. The quantitative estimate of drug-likeness (QED) is 0.871. The summed E-state index contributed by atoms with van der Waals surface area (Å²) >= 11 is 7.17. The number of aliphatic carboxylic acids is 1. The van der Waals surface area contributed by atoms with Gasteiger partial charge >= 0.3 is 5.97 Å². The summed E-state index contributed by atoms with van der Waals surface area (Å²) in [6, 6.07) is 3.82.